The van der Waals surface area contributed by atoms with Crippen LogP contribution in [0, 0.1) is 0 Å². The molecule has 0 unspecified atom stereocenters. The number of hydrogen-bond donors (Lipinski definition) is 1. The number of aromatic nitrogens is 2. The molecule has 0 atom stereocenters. The van der Waals surface area contributed by atoms with Gasteiger partial charge in [0.25, 0.3) is 0 Å². The van der Waals surface area contributed by atoms with E-state index in [1.165, 1.54) is 0 Å². The fourth-order valence-electron chi connectivity index (χ4n) is 2.47. The molecule has 1 aromatic heterocycles. The van der Waals surface area contributed by atoms with Gasteiger partial charge in [-0.15, -0.1) is 0 Å². The number of thiocarbonyl (C=S) groups is 1. The minimum Gasteiger partial charge on any atom is -0.478 e. The van der Waals surface area contributed by atoms with Gasteiger partial charge in [-0.2, -0.15) is 5.10 Å². The quantitative estimate of drug-likeness (QED) is 0.613. The molecule has 0 spiro atoms. The molecule has 0 amide bonds. The lowest BCUT2D eigenvalue weighted by molar-refractivity contribution is 0.291. The number of nitrogens with one attached hydrogen (secondary N) is 1. The summed E-state index contributed by atoms with van der Waals surface area (Å²) in [5.41, 5.74) is 1.99. The average molecular weight is 413 g/mol. The Bertz CT molecular complexity index is 987. The Kier molecular flexibility index (Phi) is 7.17. The summed E-state index contributed by atoms with van der Waals surface area (Å²) in [6.07, 6.45) is 2.57. The Morgan fingerprint density at radius 1 is 1.18 bits per heavy atom. The molecule has 0 bridgehead atoms. The van der Waals surface area contributed by atoms with Gasteiger partial charge in [0.1, 0.15) is 0 Å². The minimum absolute atomic E-state index is 0.385. The molecule has 1 heterocycles. The van der Waals surface area contributed by atoms with E-state index < -0.39 is 0 Å². The highest BCUT2D eigenvalue weighted by Gasteiger charge is 2.05. The lowest BCUT2D eigenvalue weighted by atomic mass is 10.2. The number of rotatable bonds is 6. The molecule has 144 valence electrons. The van der Waals surface area contributed by atoms with Gasteiger partial charge in [-0.3, -0.25) is 0 Å². The second-order valence-electron chi connectivity index (χ2n) is 6.04. The highest BCUT2D eigenvalue weighted by Crippen LogP contribution is 2.14. The molecule has 2 aromatic carbocycles. The highest BCUT2D eigenvalue weighted by atomic mass is 35.5. The van der Waals surface area contributed by atoms with Crippen molar-refractivity contribution in [3.63, 3.8) is 0 Å². The highest BCUT2D eigenvalue weighted by molar-refractivity contribution is 7.80. The molecule has 0 fully saturated rings. The van der Waals surface area contributed by atoms with Crippen LogP contribution in [-0.2, 0) is 6.54 Å². The van der Waals surface area contributed by atoms with E-state index in [9.17, 15) is 0 Å². The van der Waals surface area contributed by atoms with Gasteiger partial charge in [0, 0.05) is 17.6 Å². The zero-order chi connectivity index (χ0) is 19.8. The summed E-state index contributed by atoms with van der Waals surface area (Å²) in [4.78, 5) is 4.43. The van der Waals surface area contributed by atoms with Gasteiger partial charge < -0.3 is 10.1 Å². The van der Waals surface area contributed by atoms with Crippen molar-refractivity contribution in [3.05, 3.63) is 82.8 Å². The van der Waals surface area contributed by atoms with Crippen molar-refractivity contribution in [1.82, 2.24) is 15.1 Å². The van der Waals surface area contributed by atoms with Crippen LogP contribution in [0.1, 0.15) is 18.9 Å². The number of benzene rings is 2. The molecule has 3 aromatic rings. The molecule has 3 rings (SSSR count). The fourth-order valence-corrected chi connectivity index (χ4v) is 2.77. The Labute approximate surface area is 174 Å². The summed E-state index contributed by atoms with van der Waals surface area (Å²) in [6, 6.07) is 19.3. The maximum absolute atomic E-state index is 5.90. The van der Waals surface area contributed by atoms with E-state index in [0.29, 0.717) is 34.5 Å². The second-order valence-corrected chi connectivity index (χ2v) is 6.87. The molecule has 28 heavy (non-hydrogen) atoms. The van der Waals surface area contributed by atoms with Gasteiger partial charge >= 0.3 is 0 Å². The van der Waals surface area contributed by atoms with Crippen molar-refractivity contribution in [2.75, 3.05) is 6.61 Å². The zero-order valence-electron chi connectivity index (χ0n) is 15.5. The molecule has 1 N–H and O–H groups in total. The van der Waals surface area contributed by atoms with Gasteiger partial charge in [-0.05, 0) is 48.5 Å². The van der Waals surface area contributed by atoms with E-state index in [1.54, 1.807) is 10.9 Å². The first kappa shape index (κ1) is 20.0. The topological polar surface area (TPSA) is 51.4 Å². The predicted molar refractivity (Wildman–Crippen MR) is 116 cm³/mol. The van der Waals surface area contributed by atoms with E-state index in [-0.39, 0.29) is 0 Å². The Balaban J connectivity index is 1.78. The van der Waals surface area contributed by atoms with Crippen molar-refractivity contribution in [1.29, 1.82) is 0 Å². The maximum Gasteiger partial charge on any atom is 0.217 e. The maximum atomic E-state index is 5.90. The molecule has 0 aliphatic rings. The SMILES string of the molecule is CCCOc1cc(=NC(=S)NCc2ccc(Cl)cc2)cnn1-c1ccccc1. The molecule has 7 heteroatoms. The first-order chi connectivity index (χ1) is 13.7. The Morgan fingerprint density at radius 3 is 2.64 bits per heavy atom. The van der Waals surface area contributed by atoms with Crippen LogP contribution in [0.4, 0.5) is 0 Å². The molecular weight excluding hydrogens is 392 g/mol. The van der Waals surface area contributed by atoms with Crippen molar-refractivity contribution in [2.24, 2.45) is 4.99 Å². The lowest BCUT2D eigenvalue weighted by Crippen LogP contribution is -2.22. The van der Waals surface area contributed by atoms with Crippen LogP contribution in [-0.4, -0.2) is 21.5 Å². The largest absolute Gasteiger partial charge is 0.478 e. The average Bonchev–Trinajstić information content (AvgIpc) is 2.72. The smallest absolute Gasteiger partial charge is 0.217 e. The normalized spacial score (nSPS) is 11.3. The van der Waals surface area contributed by atoms with E-state index in [0.717, 1.165) is 17.7 Å². The summed E-state index contributed by atoms with van der Waals surface area (Å²) in [5.74, 6) is 0.620. The number of hydrogen-bond acceptors (Lipinski definition) is 3. The third-order valence-corrected chi connectivity index (χ3v) is 4.32. The number of nitrogens with zero attached hydrogens (tertiary/aromatic N) is 3. The molecule has 0 radical (unpaired) electrons. The molecule has 0 aliphatic carbocycles. The third kappa shape index (κ3) is 5.65. The van der Waals surface area contributed by atoms with Crippen LogP contribution in [0.3, 0.4) is 0 Å². The second kappa shape index (κ2) is 10.0. The van der Waals surface area contributed by atoms with Crippen LogP contribution in [0.5, 0.6) is 5.88 Å². The van der Waals surface area contributed by atoms with Crippen LogP contribution in [0.15, 0.2) is 71.9 Å². The molecule has 0 saturated carbocycles. The standard InChI is InChI=1S/C21H21ClN4OS/c1-2-12-27-20-13-18(15-24-26(20)19-6-4-3-5-7-19)25-21(28)23-14-16-8-10-17(22)11-9-16/h3-11,13,15H,2,12,14H2,1H3,(H,23,28). The Morgan fingerprint density at radius 2 is 1.93 bits per heavy atom. The van der Waals surface area contributed by atoms with Crippen LogP contribution in [0.2, 0.25) is 5.02 Å². The summed E-state index contributed by atoms with van der Waals surface area (Å²) >= 11 is 11.2. The van der Waals surface area contributed by atoms with Crippen LogP contribution >= 0.6 is 23.8 Å². The monoisotopic (exact) mass is 412 g/mol. The summed E-state index contributed by atoms with van der Waals surface area (Å²) in [5, 5.41) is 9.32. The predicted octanol–water partition coefficient (Wildman–Crippen LogP) is 4.29. The molecule has 5 nitrogen and oxygen atoms in total. The first-order valence-corrected chi connectivity index (χ1v) is 9.79. The fraction of sp³-hybridized carbons (Fsp3) is 0.190. The Hall–Kier alpha value is -2.70. The van der Waals surface area contributed by atoms with Gasteiger partial charge in [0.05, 0.1) is 23.8 Å². The minimum atomic E-state index is 0.385. The summed E-state index contributed by atoms with van der Waals surface area (Å²) < 4.78 is 7.62. The van der Waals surface area contributed by atoms with Crippen molar-refractivity contribution < 1.29 is 4.74 Å². The van der Waals surface area contributed by atoms with Crippen molar-refractivity contribution in [2.45, 2.75) is 19.9 Å². The van der Waals surface area contributed by atoms with Crippen LogP contribution < -0.4 is 15.4 Å². The summed E-state index contributed by atoms with van der Waals surface area (Å²) in [6.45, 7) is 3.23. The third-order valence-electron chi connectivity index (χ3n) is 3.83. The van der Waals surface area contributed by atoms with E-state index >= 15 is 0 Å². The number of ether oxygens (including phenoxy) is 1. The van der Waals surface area contributed by atoms with E-state index in [4.69, 9.17) is 28.6 Å². The van der Waals surface area contributed by atoms with E-state index in [1.807, 2.05) is 60.7 Å². The van der Waals surface area contributed by atoms with Gasteiger partial charge in [-0.25, -0.2) is 9.67 Å². The van der Waals surface area contributed by atoms with Crippen molar-refractivity contribution >= 4 is 28.9 Å². The van der Waals surface area contributed by atoms with Gasteiger partial charge in [0.2, 0.25) is 5.88 Å². The van der Waals surface area contributed by atoms with Gasteiger partial charge in [0.15, 0.2) is 5.11 Å². The molecular formula is C21H21ClN4OS. The van der Waals surface area contributed by atoms with Crippen molar-refractivity contribution in [3.8, 4) is 11.6 Å². The zero-order valence-corrected chi connectivity index (χ0v) is 17.1. The summed E-state index contributed by atoms with van der Waals surface area (Å²) in [7, 11) is 0. The van der Waals surface area contributed by atoms with Gasteiger partial charge in [-0.1, -0.05) is 48.9 Å². The number of para-hydroxylation sites is 1. The lowest BCUT2D eigenvalue weighted by Gasteiger charge is -2.12. The first-order valence-electron chi connectivity index (χ1n) is 9.00. The van der Waals surface area contributed by atoms with Crippen LogP contribution in [0.25, 0.3) is 5.69 Å². The van der Waals surface area contributed by atoms with E-state index in [2.05, 4.69) is 22.3 Å². The number of halogens is 1. The molecule has 0 aliphatic heterocycles. The molecule has 0 saturated heterocycles.